The fourth-order valence-corrected chi connectivity index (χ4v) is 2.04. The van der Waals surface area contributed by atoms with E-state index in [2.05, 4.69) is 17.0 Å². The monoisotopic (exact) mass is 301 g/mol. The number of esters is 1. The van der Waals surface area contributed by atoms with Crippen LogP contribution in [0.3, 0.4) is 0 Å². The number of carbonyl (C=O) groups is 2. The van der Waals surface area contributed by atoms with Crippen LogP contribution < -0.4 is 5.32 Å². The first-order valence-electron chi connectivity index (χ1n) is 8.02. The molecular formula is C16H31NO4. The van der Waals surface area contributed by atoms with Gasteiger partial charge in [0.15, 0.2) is 0 Å². The number of alkyl carbamates (subject to hydrolysis) is 1. The molecule has 0 aromatic heterocycles. The van der Waals surface area contributed by atoms with Crippen LogP contribution in [0.1, 0.15) is 65.7 Å². The van der Waals surface area contributed by atoms with E-state index in [0.29, 0.717) is 13.0 Å². The molecule has 0 aromatic rings. The molecule has 0 aromatic carbocycles. The summed E-state index contributed by atoms with van der Waals surface area (Å²) < 4.78 is 9.78. The summed E-state index contributed by atoms with van der Waals surface area (Å²) in [5.74, 6) is -0.0867. The Morgan fingerprint density at radius 2 is 1.67 bits per heavy atom. The second-order valence-electron chi connectivity index (χ2n) is 5.75. The summed E-state index contributed by atoms with van der Waals surface area (Å²) >= 11 is 0. The number of hydrogen-bond donors (Lipinski definition) is 1. The molecule has 21 heavy (non-hydrogen) atoms. The second-order valence-corrected chi connectivity index (χ2v) is 5.75. The summed E-state index contributed by atoms with van der Waals surface area (Å²) in [6.07, 6.45) is 6.81. The number of nitrogens with one attached hydrogen (secondary N) is 1. The molecule has 0 fully saturated rings. The molecule has 0 aliphatic carbocycles. The quantitative estimate of drug-likeness (QED) is 0.467. The zero-order valence-electron chi connectivity index (χ0n) is 13.9. The van der Waals surface area contributed by atoms with Crippen molar-refractivity contribution in [1.29, 1.82) is 0 Å². The van der Waals surface area contributed by atoms with Crippen LogP contribution in [-0.4, -0.2) is 31.8 Å². The highest BCUT2D eigenvalue weighted by molar-refractivity contribution is 5.81. The molecule has 0 heterocycles. The van der Waals surface area contributed by atoms with Crippen molar-refractivity contribution in [3.63, 3.8) is 0 Å². The van der Waals surface area contributed by atoms with E-state index in [1.807, 2.05) is 13.8 Å². The molecule has 1 atom stereocenters. The normalized spacial score (nSPS) is 12.0. The van der Waals surface area contributed by atoms with Gasteiger partial charge in [-0.2, -0.15) is 0 Å². The highest BCUT2D eigenvalue weighted by atomic mass is 16.5. The predicted molar refractivity (Wildman–Crippen MR) is 83.1 cm³/mol. The largest absolute Gasteiger partial charge is 0.464 e. The van der Waals surface area contributed by atoms with E-state index in [1.54, 1.807) is 0 Å². The van der Waals surface area contributed by atoms with E-state index < -0.39 is 12.1 Å². The number of rotatable bonds is 11. The molecule has 1 amide bonds. The molecule has 1 unspecified atom stereocenters. The Balaban J connectivity index is 3.96. The third-order valence-electron chi connectivity index (χ3n) is 3.21. The number of methoxy groups -OCH3 is 1. The van der Waals surface area contributed by atoms with Crippen LogP contribution in [0.15, 0.2) is 0 Å². The number of carbonyl (C=O) groups excluding carboxylic acids is 2. The van der Waals surface area contributed by atoms with Crippen LogP contribution in [0.2, 0.25) is 0 Å². The summed E-state index contributed by atoms with van der Waals surface area (Å²) in [6, 6.07) is -0.627. The molecule has 5 nitrogen and oxygen atoms in total. The van der Waals surface area contributed by atoms with Crippen molar-refractivity contribution in [2.75, 3.05) is 13.7 Å². The molecule has 0 saturated carbocycles. The lowest BCUT2D eigenvalue weighted by molar-refractivity contribution is -0.146. The molecule has 0 aliphatic heterocycles. The lowest BCUT2D eigenvalue weighted by Crippen LogP contribution is -2.42. The van der Waals surface area contributed by atoms with Gasteiger partial charge in [0.25, 0.3) is 0 Å². The average molecular weight is 301 g/mol. The Hall–Kier alpha value is -1.26. The standard InChI is InChI=1S/C16H31NO4/c1-5-6-7-8-9-10-11-21-15(18)14(12-13(2)3)17-16(19)20-4/h13-14H,5-12H2,1-4H3,(H,17,19). The minimum Gasteiger partial charge on any atom is -0.464 e. The van der Waals surface area contributed by atoms with E-state index in [0.717, 1.165) is 12.8 Å². The second kappa shape index (κ2) is 12.5. The third kappa shape index (κ3) is 11.1. The number of unbranched alkanes of at least 4 members (excludes halogenated alkanes) is 5. The summed E-state index contributed by atoms with van der Waals surface area (Å²) in [6.45, 7) is 6.59. The summed E-state index contributed by atoms with van der Waals surface area (Å²) in [5, 5.41) is 2.53. The first-order chi connectivity index (χ1) is 10.0. The molecule has 1 N–H and O–H groups in total. The van der Waals surface area contributed by atoms with E-state index in [4.69, 9.17) is 4.74 Å². The van der Waals surface area contributed by atoms with Crippen LogP contribution in [-0.2, 0) is 14.3 Å². The van der Waals surface area contributed by atoms with Crippen molar-refractivity contribution < 1.29 is 19.1 Å². The smallest absolute Gasteiger partial charge is 0.407 e. The molecule has 0 saturated heterocycles. The first kappa shape index (κ1) is 19.7. The maximum absolute atomic E-state index is 12.0. The molecule has 0 aliphatic rings. The zero-order chi connectivity index (χ0) is 16.1. The van der Waals surface area contributed by atoms with Gasteiger partial charge in [0, 0.05) is 0 Å². The van der Waals surface area contributed by atoms with Gasteiger partial charge in [-0.1, -0.05) is 52.9 Å². The number of amides is 1. The zero-order valence-corrected chi connectivity index (χ0v) is 13.9. The maximum atomic E-state index is 12.0. The maximum Gasteiger partial charge on any atom is 0.407 e. The van der Waals surface area contributed by atoms with E-state index in [9.17, 15) is 9.59 Å². The highest BCUT2D eigenvalue weighted by Gasteiger charge is 2.23. The van der Waals surface area contributed by atoms with Gasteiger partial charge < -0.3 is 14.8 Å². The van der Waals surface area contributed by atoms with Gasteiger partial charge in [0.05, 0.1) is 13.7 Å². The van der Waals surface area contributed by atoms with Crippen molar-refractivity contribution >= 4 is 12.1 Å². The van der Waals surface area contributed by atoms with Gasteiger partial charge in [-0.3, -0.25) is 0 Å². The first-order valence-corrected chi connectivity index (χ1v) is 8.02. The van der Waals surface area contributed by atoms with Crippen molar-refractivity contribution in [2.45, 2.75) is 71.8 Å². The summed E-state index contributed by atoms with van der Waals surface area (Å²) in [4.78, 5) is 23.2. The SMILES string of the molecule is CCCCCCCCOC(=O)C(CC(C)C)NC(=O)OC. The van der Waals surface area contributed by atoms with Gasteiger partial charge in [-0.05, 0) is 18.8 Å². The predicted octanol–water partition coefficient (Wildman–Crippen LogP) is 3.66. The Morgan fingerprint density at radius 3 is 2.24 bits per heavy atom. The third-order valence-corrected chi connectivity index (χ3v) is 3.21. The van der Waals surface area contributed by atoms with Gasteiger partial charge >= 0.3 is 12.1 Å². The van der Waals surface area contributed by atoms with Crippen LogP contribution in [0.25, 0.3) is 0 Å². The van der Waals surface area contributed by atoms with Gasteiger partial charge in [0.2, 0.25) is 0 Å². The lowest BCUT2D eigenvalue weighted by Gasteiger charge is -2.18. The summed E-state index contributed by atoms with van der Waals surface area (Å²) in [7, 11) is 1.28. The van der Waals surface area contributed by atoms with Gasteiger partial charge in [-0.25, -0.2) is 9.59 Å². The van der Waals surface area contributed by atoms with E-state index in [-0.39, 0.29) is 11.9 Å². The fraction of sp³-hybridized carbons (Fsp3) is 0.875. The molecule has 0 rings (SSSR count). The molecule has 0 bridgehead atoms. The van der Waals surface area contributed by atoms with Crippen LogP contribution in [0.4, 0.5) is 4.79 Å². The topological polar surface area (TPSA) is 64.6 Å². The Labute approximate surface area is 128 Å². The molecule has 124 valence electrons. The average Bonchev–Trinajstić information content (AvgIpc) is 2.44. The highest BCUT2D eigenvalue weighted by Crippen LogP contribution is 2.08. The van der Waals surface area contributed by atoms with Crippen molar-refractivity contribution in [2.24, 2.45) is 5.92 Å². The van der Waals surface area contributed by atoms with Crippen LogP contribution >= 0.6 is 0 Å². The molecule has 0 radical (unpaired) electrons. The van der Waals surface area contributed by atoms with E-state index in [1.165, 1.54) is 32.8 Å². The van der Waals surface area contributed by atoms with Crippen LogP contribution in [0.5, 0.6) is 0 Å². The van der Waals surface area contributed by atoms with E-state index >= 15 is 0 Å². The van der Waals surface area contributed by atoms with Crippen molar-refractivity contribution in [3.8, 4) is 0 Å². The lowest BCUT2D eigenvalue weighted by atomic mass is 10.0. The van der Waals surface area contributed by atoms with Gasteiger partial charge in [0.1, 0.15) is 6.04 Å². The summed E-state index contributed by atoms with van der Waals surface area (Å²) in [5.41, 5.74) is 0. The minimum absolute atomic E-state index is 0.286. The fourth-order valence-electron chi connectivity index (χ4n) is 2.04. The molecular weight excluding hydrogens is 270 g/mol. The Kier molecular flexibility index (Phi) is 11.7. The number of hydrogen-bond acceptors (Lipinski definition) is 4. The number of ether oxygens (including phenoxy) is 2. The molecule has 5 heteroatoms. The van der Waals surface area contributed by atoms with Crippen molar-refractivity contribution in [3.05, 3.63) is 0 Å². The van der Waals surface area contributed by atoms with Crippen LogP contribution in [0, 0.1) is 5.92 Å². The molecule has 0 spiro atoms. The Bertz CT molecular complexity index is 292. The van der Waals surface area contributed by atoms with Crippen molar-refractivity contribution in [1.82, 2.24) is 5.32 Å². The van der Waals surface area contributed by atoms with Gasteiger partial charge in [-0.15, -0.1) is 0 Å². The minimum atomic E-state index is -0.627. The Morgan fingerprint density at radius 1 is 1.05 bits per heavy atom.